The Morgan fingerprint density at radius 3 is 2.67 bits per heavy atom. The monoisotopic (exact) mass is 366 g/mol. The van der Waals surface area contributed by atoms with E-state index in [2.05, 4.69) is 16.9 Å². The first kappa shape index (κ1) is 17.8. The predicted molar refractivity (Wildman–Crippen MR) is 105 cm³/mol. The molecule has 6 nitrogen and oxygen atoms in total. The van der Waals surface area contributed by atoms with Gasteiger partial charge in [-0.15, -0.1) is 0 Å². The number of amides is 1. The second-order valence-corrected chi connectivity index (χ2v) is 7.75. The highest BCUT2D eigenvalue weighted by atomic mass is 16.3. The number of likely N-dealkylation sites (tertiary alicyclic amines) is 1. The lowest BCUT2D eigenvalue weighted by Gasteiger charge is -2.38. The molecule has 0 unspecified atom stereocenters. The molecular formula is C21H26N4O2. The lowest BCUT2D eigenvalue weighted by Crippen LogP contribution is -2.48. The van der Waals surface area contributed by atoms with E-state index in [1.54, 1.807) is 6.20 Å². The van der Waals surface area contributed by atoms with Crippen LogP contribution in [0.2, 0.25) is 0 Å². The number of hydrogen-bond acceptors (Lipinski definition) is 3. The number of imidazole rings is 1. The van der Waals surface area contributed by atoms with Crippen LogP contribution in [-0.2, 0) is 6.54 Å². The van der Waals surface area contributed by atoms with Gasteiger partial charge in [0.25, 0.3) is 5.91 Å². The van der Waals surface area contributed by atoms with Crippen LogP contribution >= 0.6 is 0 Å². The Balaban J connectivity index is 1.47. The van der Waals surface area contributed by atoms with Gasteiger partial charge in [-0.05, 0) is 57.4 Å². The van der Waals surface area contributed by atoms with Crippen LogP contribution in [-0.4, -0.2) is 49.1 Å². The standard InChI is InChI=1S/C21H26N4O2/c1-14-15(2)23-19-5-4-17(12-18(14)19)20(26)24-9-6-21(27,7-10-24)13-25-11-8-22-16(25)3/h4-5,8,11-12,23,27H,6-7,9-10,13H2,1-3H3. The normalized spacial score (nSPS) is 16.8. The van der Waals surface area contributed by atoms with E-state index in [0.717, 1.165) is 22.4 Å². The van der Waals surface area contributed by atoms with Gasteiger partial charge in [0.1, 0.15) is 5.82 Å². The van der Waals surface area contributed by atoms with Gasteiger partial charge in [0.2, 0.25) is 0 Å². The molecule has 142 valence electrons. The van der Waals surface area contributed by atoms with Crippen molar-refractivity contribution in [2.45, 2.75) is 45.8 Å². The number of piperidine rings is 1. The minimum Gasteiger partial charge on any atom is -0.388 e. The van der Waals surface area contributed by atoms with E-state index in [9.17, 15) is 9.90 Å². The second kappa shape index (κ2) is 6.53. The van der Waals surface area contributed by atoms with Crippen molar-refractivity contribution in [3.8, 4) is 0 Å². The van der Waals surface area contributed by atoms with Gasteiger partial charge in [0.05, 0.1) is 12.1 Å². The van der Waals surface area contributed by atoms with E-state index in [1.807, 2.05) is 47.7 Å². The first-order chi connectivity index (χ1) is 12.9. The largest absolute Gasteiger partial charge is 0.388 e. The SMILES string of the molecule is Cc1[nH]c2ccc(C(=O)N3CCC(O)(Cn4ccnc4C)CC3)cc2c1C. The van der Waals surface area contributed by atoms with Crippen molar-refractivity contribution in [2.75, 3.05) is 13.1 Å². The molecule has 3 aromatic rings. The van der Waals surface area contributed by atoms with Crippen LogP contribution in [0, 0.1) is 20.8 Å². The molecule has 0 bridgehead atoms. The van der Waals surface area contributed by atoms with E-state index in [-0.39, 0.29) is 5.91 Å². The van der Waals surface area contributed by atoms with Crippen LogP contribution in [0.1, 0.15) is 40.3 Å². The molecule has 1 aromatic carbocycles. The molecule has 0 atom stereocenters. The summed E-state index contributed by atoms with van der Waals surface area (Å²) < 4.78 is 1.97. The first-order valence-corrected chi connectivity index (χ1v) is 9.45. The average molecular weight is 366 g/mol. The maximum Gasteiger partial charge on any atom is 0.253 e. The molecule has 1 fully saturated rings. The van der Waals surface area contributed by atoms with E-state index >= 15 is 0 Å². The number of aromatic nitrogens is 3. The summed E-state index contributed by atoms with van der Waals surface area (Å²) in [6.07, 6.45) is 4.78. The fraction of sp³-hybridized carbons (Fsp3) is 0.429. The maximum absolute atomic E-state index is 13.0. The number of H-pyrrole nitrogens is 1. The highest BCUT2D eigenvalue weighted by molar-refractivity contribution is 5.99. The molecule has 0 aliphatic carbocycles. The summed E-state index contributed by atoms with van der Waals surface area (Å²) in [5.74, 6) is 0.934. The molecule has 1 amide bonds. The predicted octanol–water partition coefficient (Wildman–Crippen LogP) is 2.96. The molecular weight excluding hydrogens is 340 g/mol. The van der Waals surface area contributed by atoms with Gasteiger partial charge in [0, 0.05) is 47.6 Å². The fourth-order valence-corrected chi connectivity index (χ4v) is 3.95. The Bertz CT molecular complexity index is 993. The Labute approximate surface area is 158 Å². The minimum atomic E-state index is -0.791. The molecule has 4 rings (SSSR count). The fourth-order valence-electron chi connectivity index (χ4n) is 3.95. The van der Waals surface area contributed by atoms with Crippen molar-refractivity contribution in [1.29, 1.82) is 0 Å². The topological polar surface area (TPSA) is 74.2 Å². The number of carbonyl (C=O) groups excluding carboxylic acids is 1. The third-order valence-corrected chi connectivity index (χ3v) is 5.92. The van der Waals surface area contributed by atoms with Gasteiger partial charge in [-0.25, -0.2) is 4.98 Å². The summed E-state index contributed by atoms with van der Waals surface area (Å²) in [7, 11) is 0. The van der Waals surface area contributed by atoms with E-state index in [0.29, 0.717) is 38.0 Å². The first-order valence-electron chi connectivity index (χ1n) is 9.45. The highest BCUT2D eigenvalue weighted by Crippen LogP contribution is 2.27. The zero-order valence-corrected chi connectivity index (χ0v) is 16.1. The lowest BCUT2D eigenvalue weighted by atomic mass is 9.90. The number of aromatic amines is 1. The van der Waals surface area contributed by atoms with Crippen LogP contribution in [0.15, 0.2) is 30.6 Å². The Hall–Kier alpha value is -2.60. The Morgan fingerprint density at radius 2 is 2.00 bits per heavy atom. The number of hydrogen-bond donors (Lipinski definition) is 2. The zero-order valence-electron chi connectivity index (χ0n) is 16.1. The third-order valence-electron chi connectivity index (χ3n) is 5.92. The van der Waals surface area contributed by atoms with Gasteiger partial charge >= 0.3 is 0 Å². The molecule has 6 heteroatoms. The summed E-state index contributed by atoms with van der Waals surface area (Å²) in [5.41, 5.74) is 3.29. The number of nitrogens with one attached hydrogen (secondary N) is 1. The Kier molecular flexibility index (Phi) is 4.30. The molecule has 0 radical (unpaired) electrons. The number of rotatable bonds is 3. The number of benzene rings is 1. The summed E-state index contributed by atoms with van der Waals surface area (Å²) in [4.78, 5) is 22.4. The maximum atomic E-state index is 13.0. The smallest absolute Gasteiger partial charge is 0.253 e. The molecule has 0 saturated carbocycles. The number of carbonyl (C=O) groups is 1. The van der Waals surface area contributed by atoms with Crippen LogP contribution in [0.4, 0.5) is 0 Å². The van der Waals surface area contributed by atoms with E-state index < -0.39 is 5.60 Å². The summed E-state index contributed by atoms with van der Waals surface area (Å²) in [5, 5.41) is 12.0. The molecule has 1 aliphatic rings. The van der Waals surface area contributed by atoms with Crippen LogP contribution in [0.25, 0.3) is 10.9 Å². The van der Waals surface area contributed by atoms with Crippen molar-refractivity contribution < 1.29 is 9.90 Å². The van der Waals surface area contributed by atoms with Gasteiger partial charge < -0.3 is 19.6 Å². The van der Waals surface area contributed by atoms with Crippen LogP contribution < -0.4 is 0 Å². The Morgan fingerprint density at radius 1 is 1.26 bits per heavy atom. The van der Waals surface area contributed by atoms with Crippen molar-refractivity contribution in [2.24, 2.45) is 0 Å². The molecule has 2 N–H and O–H groups in total. The van der Waals surface area contributed by atoms with Gasteiger partial charge in [-0.1, -0.05) is 0 Å². The van der Waals surface area contributed by atoms with Gasteiger partial charge in [0.15, 0.2) is 0 Å². The van der Waals surface area contributed by atoms with Crippen LogP contribution in [0.3, 0.4) is 0 Å². The van der Waals surface area contributed by atoms with Crippen molar-refractivity contribution in [3.05, 3.63) is 53.2 Å². The van der Waals surface area contributed by atoms with Gasteiger partial charge in [-0.2, -0.15) is 0 Å². The number of fused-ring (bicyclic) bond motifs is 1. The van der Waals surface area contributed by atoms with Crippen molar-refractivity contribution in [1.82, 2.24) is 19.4 Å². The summed E-state index contributed by atoms with van der Waals surface area (Å²) >= 11 is 0. The minimum absolute atomic E-state index is 0.0380. The molecule has 2 aromatic heterocycles. The third kappa shape index (κ3) is 3.25. The zero-order chi connectivity index (χ0) is 19.2. The van der Waals surface area contributed by atoms with E-state index in [4.69, 9.17) is 0 Å². The average Bonchev–Trinajstić information content (AvgIpc) is 3.17. The highest BCUT2D eigenvalue weighted by Gasteiger charge is 2.34. The summed E-state index contributed by atoms with van der Waals surface area (Å²) in [6, 6.07) is 5.84. The second-order valence-electron chi connectivity index (χ2n) is 7.75. The molecule has 0 spiro atoms. The van der Waals surface area contributed by atoms with Crippen LogP contribution in [0.5, 0.6) is 0 Å². The summed E-state index contributed by atoms with van der Waals surface area (Å²) in [6.45, 7) is 7.70. The molecule has 3 heterocycles. The van der Waals surface area contributed by atoms with Crippen molar-refractivity contribution >= 4 is 16.8 Å². The van der Waals surface area contributed by atoms with Crippen molar-refractivity contribution in [3.63, 3.8) is 0 Å². The molecule has 1 aliphatic heterocycles. The molecule has 1 saturated heterocycles. The number of aryl methyl sites for hydroxylation is 3. The lowest BCUT2D eigenvalue weighted by molar-refractivity contribution is -0.0295. The van der Waals surface area contributed by atoms with E-state index in [1.165, 1.54) is 5.56 Å². The number of nitrogens with zero attached hydrogens (tertiary/aromatic N) is 3. The number of aliphatic hydroxyl groups is 1. The van der Waals surface area contributed by atoms with Gasteiger partial charge in [-0.3, -0.25) is 4.79 Å². The quantitative estimate of drug-likeness (QED) is 0.748. The molecule has 27 heavy (non-hydrogen) atoms.